The van der Waals surface area contributed by atoms with Crippen LogP contribution in [0.1, 0.15) is 15.9 Å². The molecule has 0 aliphatic heterocycles. The number of aromatic amines is 1. The topological polar surface area (TPSA) is 79.8 Å². The van der Waals surface area contributed by atoms with Crippen LogP contribution < -0.4 is 10.9 Å². The lowest BCUT2D eigenvalue weighted by atomic mass is 10.1. The number of fused-ring (bicyclic) bond motifs is 1. The second-order valence-corrected chi connectivity index (χ2v) is 6.02. The van der Waals surface area contributed by atoms with Crippen LogP contribution in [0.2, 0.25) is 0 Å². The normalized spacial score (nSPS) is 10.9. The maximum atomic E-state index is 13.2. The molecule has 0 radical (unpaired) electrons. The van der Waals surface area contributed by atoms with Gasteiger partial charge in [-0.25, -0.2) is 9.07 Å². The SMILES string of the molecule is O=C(NCc1cc[nH]c(=O)c1)c1cccc2c1cnn2-c1ccc(F)cc1. The zero-order chi connectivity index (χ0) is 18.8. The Kier molecular flexibility index (Phi) is 4.25. The van der Waals surface area contributed by atoms with Crippen molar-refractivity contribution in [1.82, 2.24) is 20.1 Å². The minimum atomic E-state index is -0.324. The Morgan fingerprint density at radius 3 is 2.74 bits per heavy atom. The largest absolute Gasteiger partial charge is 0.348 e. The van der Waals surface area contributed by atoms with Gasteiger partial charge in [-0.1, -0.05) is 6.07 Å². The smallest absolute Gasteiger partial charge is 0.252 e. The number of benzene rings is 2. The van der Waals surface area contributed by atoms with Gasteiger partial charge in [0.1, 0.15) is 5.82 Å². The standard InChI is InChI=1S/C20H15FN4O2/c21-14-4-6-15(7-5-14)25-18-3-1-2-16(17(18)12-24-25)20(27)23-11-13-8-9-22-19(26)10-13/h1-10,12H,11H2,(H,22,26)(H,23,27). The van der Waals surface area contributed by atoms with E-state index in [-0.39, 0.29) is 23.8 Å². The van der Waals surface area contributed by atoms with Gasteiger partial charge in [0.05, 0.1) is 23.0 Å². The first-order valence-electron chi connectivity index (χ1n) is 8.30. The highest BCUT2D eigenvalue weighted by Gasteiger charge is 2.14. The summed E-state index contributed by atoms with van der Waals surface area (Å²) in [6, 6.07) is 14.5. The van der Waals surface area contributed by atoms with E-state index in [1.165, 1.54) is 24.4 Å². The number of nitrogens with zero attached hydrogens (tertiary/aromatic N) is 2. The highest BCUT2D eigenvalue weighted by atomic mass is 19.1. The molecule has 4 rings (SSSR count). The van der Waals surface area contributed by atoms with Gasteiger partial charge in [0.2, 0.25) is 5.56 Å². The minimum absolute atomic E-state index is 0.218. The number of H-pyrrole nitrogens is 1. The molecule has 4 aromatic rings. The third-order valence-corrected chi connectivity index (χ3v) is 4.22. The number of amides is 1. The summed E-state index contributed by atoms with van der Waals surface area (Å²) in [5.74, 6) is -0.588. The fourth-order valence-electron chi connectivity index (χ4n) is 2.91. The van der Waals surface area contributed by atoms with E-state index in [0.29, 0.717) is 22.2 Å². The van der Waals surface area contributed by atoms with E-state index in [2.05, 4.69) is 15.4 Å². The lowest BCUT2D eigenvalue weighted by Gasteiger charge is -2.07. The molecule has 7 heteroatoms. The van der Waals surface area contributed by atoms with Crippen LogP contribution in [0.3, 0.4) is 0 Å². The second-order valence-electron chi connectivity index (χ2n) is 6.02. The van der Waals surface area contributed by atoms with Gasteiger partial charge in [-0.15, -0.1) is 0 Å². The molecule has 0 bridgehead atoms. The number of rotatable bonds is 4. The predicted octanol–water partition coefficient (Wildman–Crippen LogP) is 2.78. The lowest BCUT2D eigenvalue weighted by Crippen LogP contribution is -2.23. The van der Waals surface area contributed by atoms with E-state index < -0.39 is 0 Å². The number of aromatic nitrogens is 3. The number of hydrogen-bond donors (Lipinski definition) is 2. The molecule has 2 aromatic heterocycles. The molecule has 134 valence electrons. The molecule has 2 heterocycles. The Hall–Kier alpha value is -3.74. The summed E-state index contributed by atoms with van der Waals surface area (Å²) in [6.07, 6.45) is 3.15. The van der Waals surface area contributed by atoms with Crippen molar-refractivity contribution in [3.8, 4) is 5.69 Å². The van der Waals surface area contributed by atoms with E-state index in [1.54, 1.807) is 41.2 Å². The first-order valence-corrected chi connectivity index (χ1v) is 8.30. The van der Waals surface area contributed by atoms with Gasteiger partial charge in [0.15, 0.2) is 0 Å². The molecular weight excluding hydrogens is 347 g/mol. The molecule has 27 heavy (non-hydrogen) atoms. The van der Waals surface area contributed by atoms with Crippen LogP contribution in [0.4, 0.5) is 4.39 Å². The van der Waals surface area contributed by atoms with Crippen molar-refractivity contribution in [2.24, 2.45) is 0 Å². The molecule has 0 aliphatic rings. The third-order valence-electron chi connectivity index (χ3n) is 4.22. The third kappa shape index (κ3) is 3.35. The lowest BCUT2D eigenvalue weighted by molar-refractivity contribution is 0.0952. The Morgan fingerprint density at radius 2 is 1.96 bits per heavy atom. The monoisotopic (exact) mass is 362 g/mol. The van der Waals surface area contributed by atoms with Crippen molar-refractivity contribution in [2.75, 3.05) is 0 Å². The number of hydrogen-bond acceptors (Lipinski definition) is 3. The summed E-state index contributed by atoms with van der Waals surface area (Å²) in [7, 11) is 0. The average Bonchev–Trinajstić information content (AvgIpc) is 3.11. The van der Waals surface area contributed by atoms with Crippen LogP contribution >= 0.6 is 0 Å². The van der Waals surface area contributed by atoms with Crippen molar-refractivity contribution in [3.63, 3.8) is 0 Å². The Bertz CT molecular complexity index is 1180. The molecule has 2 aromatic carbocycles. The van der Waals surface area contributed by atoms with Gasteiger partial charge >= 0.3 is 0 Å². The summed E-state index contributed by atoms with van der Waals surface area (Å²) in [6.45, 7) is 0.241. The summed E-state index contributed by atoms with van der Waals surface area (Å²) >= 11 is 0. The molecule has 0 unspecified atom stereocenters. The van der Waals surface area contributed by atoms with Gasteiger partial charge in [0, 0.05) is 24.2 Å². The Balaban J connectivity index is 1.63. The molecule has 2 N–H and O–H groups in total. The highest BCUT2D eigenvalue weighted by Crippen LogP contribution is 2.22. The predicted molar refractivity (Wildman–Crippen MR) is 99.3 cm³/mol. The van der Waals surface area contributed by atoms with Gasteiger partial charge in [-0.2, -0.15) is 5.10 Å². The van der Waals surface area contributed by atoms with E-state index in [9.17, 15) is 14.0 Å². The number of pyridine rings is 1. The van der Waals surface area contributed by atoms with Crippen LogP contribution in [-0.4, -0.2) is 20.7 Å². The zero-order valence-corrected chi connectivity index (χ0v) is 14.1. The van der Waals surface area contributed by atoms with E-state index >= 15 is 0 Å². The number of nitrogens with one attached hydrogen (secondary N) is 2. The van der Waals surface area contributed by atoms with Gasteiger partial charge in [0.25, 0.3) is 5.91 Å². The molecule has 1 amide bonds. The second kappa shape index (κ2) is 6.87. The quantitative estimate of drug-likeness (QED) is 0.586. The molecule has 0 saturated heterocycles. The number of carbonyl (C=O) groups is 1. The fraction of sp³-hybridized carbons (Fsp3) is 0.0500. The number of halogens is 1. The molecule has 0 saturated carbocycles. The maximum Gasteiger partial charge on any atom is 0.252 e. The average molecular weight is 362 g/mol. The molecule has 0 fully saturated rings. The zero-order valence-electron chi connectivity index (χ0n) is 14.1. The van der Waals surface area contributed by atoms with Crippen molar-refractivity contribution in [2.45, 2.75) is 6.54 Å². The van der Waals surface area contributed by atoms with Crippen molar-refractivity contribution < 1.29 is 9.18 Å². The van der Waals surface area contributed by atoms with Crippen LogP contribution in [-0.2, 0) is 6.54 Å². The van der Waals surface area contributed by atoms with Gasteiger partial charge in [-0.05, 0) is 48.0 Å². The van der Waals surface area contributed by atoms with E-state index in [0.717, 1.165) is 5.52 Å². The molecular formula is C20H15FN4O2. The minimum Gasteiger partial charge on any atom is -0.348 e. The first-order chi connectivity index (χ1) is 13.1. The highest BCUT2D eigenvalue weighted by molar-refractivity contribution is 6.06. The Labute approximate surface area is 153 Å². The van der Waals surface area contributed by atoms with Crippen LogP contribution in [0.25, 0.3) is 16.6 Å². The van der Waals surface area contributed by atoms with Crippen molar-refractivity contribution in [1.29, 1.82) is 0 Å². The Morgan fingerprint density at radius 1 is 1.15 bits per heavy atom. The van der Waals surface area contributed by atoms with Crippen LogP contribution in [0, 0.1) is 5.82 Å². The summed E-state index contributed by atoms with van der Waals surface area (Å²) in [5.41, 5.74) is 2.41. The van der Waals surface area contributed by atoms with E-state index in [4.69, 9.17) is 0 Å². The first kappa shape index (κ1) is 16.7. The number of carbonyl (C=O) groups excluding carboxylic acids is 1. The van der Waals surface area contributed by atoms with Gasteiger partial charge in [-0.3, -0.25) is 9.59 Å². The molecule has 0 spiro atoms. The molecule has 0 atom stereocenters. The summed E-state index contributed by atoms with van der Waals surface area (Å²) < 4.78 is 14.8. The fourth-order valence-corrected chi connectivity index (χ4v) is 2.91. The molecule has 6 nitrogen and oxygen atoms in total. The molecule has 0 aliphatic carbocycles. The maximum absolute atomic E-state index is 13.2. The summed E-state index contributed by atoms with van der Waals surface area (Å²) in [4.78, 5) is 26.5. The van der Waals surface area contributed by atoms with Crippen molar-refractivity contribution >= 4 is 16.8 Å². The van der Waals surface area contributed by atoms with Gasteiger partial charge < -0.3 is 10.3 Å². The summed E-state index contributed by atoms with van der Waals surface area (Å²) in [5, 5.41) is 7.84. The van der Waals surface area contributed by atoms with Crippen LogP contribution in [0.15, 0.2) is 71.8 Å². The van der Waals surface area contributed by atoms with Crippen LogP contribution in [0.5, 0.6) is 0 Å². The van der Waals surface area contributed by atoms with E-state index in [1.807, 2.05) is 6.07 Å². The van der Waals surface area contributed by atoms with Crippen molar-refractivity contribution in [3.05, 3.63) is 94.3 Å².